The molecule has 0 aliphatic rings. The van der Waals surface area contributed by atoms with Gasteiger partial charge < -0.3 is 4.74 Å². The summed E-state index contributed by atoms with van der Waals surface area (Å²) in [4.78, 5) is 11.3. The van der Waals surface area contributed by atoms with Crippen LogP contribution in [0.5, 0.6) is 0 Å². The van der Waals surface area contributed by atoms with Gasteiger partial charge in [-0.2, -0.15) is 0 Å². The second-order valence-corrected chi connectivity index (χ2v) is 5.42. The number of hydrogen-bond donors (Lipinski definition) is 0. The molecule has 0 unspecified atom stereocenters. The maximum atomic E-state index is 11.5. The molecule has 0 saturated carbocycles. The first-order valence-corrected chi connectivity index (χ1v) is 6.28. The van der Waals surface area contributed by atoms with Crippen LogP contribution < -0.4 is 5.46 Å². The van der Waals surface area contributed by atoms with Gasteiger partial charge in [0.25, 0.3) is 0 Å². The van der Waals surface area contributed by atoms with Crippen LogP contribution in [-0.4, -0.2) is 35.1 Å². The fourth-order valence-corrected chi connectivity index (χ4v) is 2.11. The molecule has 0 spiro atoms. The van der Waals surface area contributed by atoms with Crippen molar-refractivity contribution in [1.29, 1.82) is 0 Å². The van der Waals surface area contributed by atoms with Crippen molar-refractivity contribution in [3.63, 3.8) is 0 Å². The molecule has 1 aromatic rings. The van der Waals surface area contributed by atoms with E-state index in [2.05, 4.69) is 4.74 Å². The summed E-state index contributed by atoms with van der Waals surface area (Å²) >= 11 is 0. The van der Waals surface area contributed by atoms with Crippen molar-refractivity contribution in [3.8, 4) is 0 Å². The number of hydrogen-bond acceptors (Lipinski definition) is 4. The lowest BCUT2D eigenvalue weighted by Gasteiger charge is -2.07. The number of rotatable bonds is 3. The van der Waals surface area contributed by atoms with Gasteiger partial charge in [-0.25, -0.2) is 13.2 Å². The summed E-state index contributed by atoms with van der Waals surface area (Å²) in [6.45, 7) is 1.54. The second kappa shape index (κ2) is 4.70. The van der Waals surface area contributed by atoms with Crippen LogP contribution in [0.25, 0.3) is 0 Å². The van der Waals surface area contributed by atoms with Crippen molar-refractivity contribution in [1.82, 2.24) is 0 Å². The molecule has 0 aliphatic heterocycles. The number of carbonyl (C=O) groups is 1. The topological polar surface area (TPSA) is 60.4 Å². The van der Waals surface area contributed by atoms with Gasteiger partial charge in [0, 0.05) is 0 Å². The quantitative estimate of drug-likeness (QED) is 0.551. The van der Waals surface area contributed by atoms with Gasteiger partial charge in [0.05, 0.1) is 23.3 Å². The van der Waals surface area contributed by atoms with Gasteiger partial charge in [0.15, 0.2) is 9.84 Å². The third-order valence-electron chi connectivity index (χ3n) is 2.17. The first-order valence-electron chi connectivity index (χ1n) is 4.63. The molecule has 6 heteroatoms. The minimum atomic E-state index is -3.30. The molecule has 0 aromatic heterocycles. The Morgan fingerprint density at radius 1 is 1.44 bits per heavy atom. The Morgan fingerprint density at radius 2 is 2.06 bits per heavy atom. The molecule has 0 N–H and O–H groups in total. The molecule has 84 valence electrons. The highest BCUT2D eigenvalue weighted by Gasteiger charge is 2.15. The van der Waals surface area contributed by atoms with Gasteiger partial charge in [0.1, 0.15) is 7.85 Å². The Balaban J connectivity index is 3.25. The lowest BCUT2D eigenvalue weighted by atomic mass is 9.91. The number of sulfone groups is 1. The maximum Gasteiger partial charge on any atom is 0.337 e. The van der Waals surface area contributed by atoms with E-state index in [-0.39, 0.29) is 21.7 Å². The number of carbonyl (C=O) groups excluding carboxylic acids is 1. The largest absolute Gasteiger partial charge is 0.465 e. The summed E-state index contributed by atoms with van der Waals surface area (Å²) in [6.07, 6.45) is 0. The van der Waals surface area contributed by atoms with Crippen LogP contribution in [0.1, 0.15) is 17.3 Å². The maximum absolute atomic E-state index is 11.5. The molecule has 1 aromatic carbocycles. The van der Waals surface area contributed by atoms with Crippen molar-refractivity contribution in [2.24, 2.45) is 0 Å². The fraction of sp³-hybridized carbons (Fsp3) is 0.300. The van der Waals surface area contributed by atoms with E-state index in [0.29, 0.717) is 0 Å². The van der Waals surface area contributed by atoms with Crippen LogP contribution >= 0.6 is 0 Å². The van der Waals surface area contributed by atoms with E-state index in [1.165, 1.54) is 25.3 Å². The lowest BCUT2D eigenvalue weighted by molar-refractivity contribution is 0.0602. The van der Waals surface area contributed by atoms with Gasteiger partial charge in [-0.3, -0.25) is 0 Å². The molecule has 16 heavy (non-hydrogen) atoms. The van der Waals surface area contributed by atoms with Crippen LogP contribution in [0, 0.1) is 0 Å². The predicted octanol–water partition coefficient (Wildman–Crippen LogP) is 0.0606. The molecular formula is C10H11BO4S. The molecule has 2 radical (unpaired) electrons. The van der Waals surface area contributed by atoms with Crippen molar-refractivity contribution < 1.29 is 17.9 Å². The Bertz CT molecular complexity index is 508. The Kier molecular flexibility index (Phi) is 3.75. The minimum absolute atomic E-state index is 0.00991. The molecule has 0 bridgehead atoms. The molecule has 0 heterocycles. The number of ether oxygens (including phenoxy) is 1. The molecule has 4 nitrogen and oxygen atoms in total. The molecular weight excluding hydrogens is 227 g/mol. The van der Waals surface area contributed by atoms with Crippen LogP contribution in [0.15, 0.2) is 23.1 Å². The average Bonchev–Trinajstić information content (AvgIpc) is 2.28. The monoisotopic (exact) mass is 238 g/mol. The van der Waals surface area contributed by atoms with Crippen LogP contribution in [0.2, 0.25) is 0 Å². The number of esters is 1. The highest BCUT2D eigenvalue weighted by Crippen LogP contribution is 2.10. The highest BCUT2D eigenvalue weighted by atomic mass is 32.2. The molecule has 0 atom stereocenters. The fourth-order valence-electron chi connectivity index (χ4n) is 1.20. The summed E-state index contributed by atoms with van der Waals surface area (Å²) in [6, 6.07) is 3.97. The van der Waals surface area contributed by atoms with Crippen molar-refractivity contribution in [2.45, 2.75) is 11.8 Å². The smallest absolute Gasteiger partial charge is 0.337 e. The van der Waals surface area contributed by atoms with Gasteiger partial charge in [-0.1, -0.05) is 12.4 Å². The van der Waals surface area contributed by atoms with E-state index >= 15 is 0 Å². The first kappa shape index (κ1) is 12.8. The standard InChI is InChI=1S/C10H11BO4S/c1-3-16(13,14)7-4-5-8(9(11)6-7)10(12)15-2/h4-6H,3H2,1-2H3. The predicted molar refractivity (Wildman–Crippen MR) is 60.9 cm³/mol. The third-order valence-corrected chi connectivity index (χ3v) is 3.90. The summed E-state index contributed by atoms with van der Waals surface area (Å²) in [5.74, 6) is -0.595. The zero-order valence-electron chi connectivity index (χ0n) is 9.06. The first-order chi connectivity index (χ1) is 7.42. The molecule has 0 saturated heterocycles. The average molecular weight is 238 g/mol. The summed E-state index contributed by atoms with van der Waals surface area (Å²) in [5, 5.41) is 0. The van der Waals surface area contributed by atoms with Gasteiger partial charge in [0.2, 0.25) is 0 Å². The zero-order chi connectivity index (χ0) is 12.3. The Morgan fingerprint density at radius 3 is 2.50 bits per heavy atom. The second-order valence-electron chi connectivity index (χ2n) is 3.14. The van der Waals surface area contributed by atoms with Crippen LogP contribution in [-0.2, 0) is 14.6 Å². The highest BCUT2D eigenvalue weighted by molar-refractivity contribution is 7.91. The van der Waals surface area contributed by atoms with Crippen LogP contribution in [0.3, 0.4) is 0 Å². The van der Waals surface area contributed by atoms with E-state index in [0.717, 1.165) is 0 Å². The molecule has 0 aliphatic carbocycles. The summed E-state index contributed by atoms with van der Waals surface area (Å²) in [7, 11) is 3.52. The van der Waals surface area contributed by atoms with E-state index in [1.54, 1.807) is 6.92 Å². The van der Waals surface area contributed by atoms with Crippen molar-refractivity contribution >= 4 is 29.1 Å². The van der Waals surface area contributed by atoms with E-state index < -0.39 is 15.8 Å². The SMILES string of the molecule is [B]c1cc(S(=O)(=O)CC)ccc1C(=O)OC. The van der Waals surface area contributed by atoms with Crippen molar-refractivity contribution in [2.75, 3.05) is 12.9 Å². The normalized spacial score (nSPS) is 11.1. The van der Waals surface area contributed by atoms with Crippen LogP contribution in [0.4, 0.5) is 0 Å². The van der Waals surface area contributed by atoms with E-state index in [1.807, 2.05) is 0 Å². The van der Waals surface area contributed by atoms with Gasteiger partial charge >= 0.3 is 5.97 Å². The van der Waals surface area contributed by atoms with E-state index in [9.17, 15) is 13.2 Å². The minimum Gasteiger partial charge on any atom is -0.465 e. The van der Waals surface area contributed by atoms with Gasteiger partial charge in [-0.05, 0) is 18.2 Å². The summed E-state index contributed by atoms with van der Waals surface area (Å²) < 4.78 is 27.6. The Labute approximate surface area is 95.9 Å². The third kappa shape index (κ3) is 2.44. The molecule has 0 amide bonds. The molecule has 1 rings (SSSR count). The van der Waals surface area contributed by atoms with Gasteiger partial charge in [-0.15, -0.1) is 0 Å². The Hall–Kier alpha value is -1.30. The molecule has 0 fully saturated rings. The number of benzene rings is 1. The lowest BCUT2D eigenvalue weighted by Crippen LogP contribution is -2.19. The zero-order valence-corrected chi connectivity index (χ0v) is 9.87. The summed E-state index contributed by atoms with van der Waals surface area (Å²) in [5.41, 5.74) is 0.263. The number of methoxy groups -OCH3 is 1. The van der Waals surface area contributed by atoms with Crippen molar-refractivity contribution in [3.05, 3.63) is 23.8 Å². The van der Waals surface area contributed by atoms with E-state index in [4.69, 9.17) is 7.85 Å².